The van der Waals surface area contributed by atoms with Crippen molar-refractivity contribution in [3.05, 3.63) is 83.5 Å². The summed E-state index contributed by atoms with van der Waals surface area (Å²) in [6, 6.07) is 6.83. The third kappa shape index (κ3) is 7.77. The highest BCUT2D eigenvalue weighted by Gasteiger charge is 2.06. The van der Waals surface area contributed by atoms with Crippen LogP contribution >= 0.6 is 0 Å². The number of fused-ring (bicyclic) bond motifs is 1. The number of benzene rings is 1. The van der Waals surface area contributed by atoms with Crippen molar-refractivity contribution in [1.29, 1.82) is 0 Å². The fraction of sp³-hybridized carbons (Fsp3) is 0.286. The molecule has 3 nitrogen and oxygen atoms in total. The van der Waals surface area contributed by atoms with Gasteiger partial charge in [0.1, 0.15) is 12.1 Å². The van der Waals surface area contributed by atoms with E-state index >= 15 is 0 Å². The number of allylic oxidation sites excluding steroid dienone is 6. The maximum atomic E-state index is 12.6. The van der Waals surface area contributed by atoms with Crippen LogP contribution in [0.4, 0.5) is 4.39 Å². The van der Waals surface area contributed by atoms with Gasteiger partial charge in [-0.3, -0.25) is 0 Å². The summed E-state index contributed by atoms with van der Waals surface area (Å²) in [5.74, 6) is 0.311. The second-order valence-corrected chi connectivity index (χ2v) is 5.75. The van der Waals surface area contributed by atoms with Gasteiger partial charge in [-0.1, -0.05) is 42.0 Å². The van der Waals surface area contributed by atoms with Crippen LogP contribution < -0.4 is 10.6 Å². The fourth-order valence-electron chi connectivity index (χ4n) is 2.30. The van der Waals surface area contributed by atoms with Crippen molar-refractivity contribution >= 4 is 6.29 Å². The maximum absolute atomic E-state index is 12.6. The van der Waals surface area contributed by atoms with Gasteiger partial charge >= 0.3 is 0 Å². The number of carbonyl (C=O) groups is 1. The monoisotopic (exact) mass is 342 g/mol. The minimum atomic E-state index is -0.176. The maximum Gasteiger partial charge on any atom is 0.123 e. The Morgan fingerprint density at radius 1 is 1.28 bits per heavy atom. The Bertz CT molecular complexity index is 672. The average Bonchev–Trinajstić information content (AvgIpc) is 2.72. The summed E-state index contributed by atoms with van der Waals surface area (Å²) < 4.78 is 12.6. The number of dihydropyridines is 1. The van der Waals surface area contributed by atoms with Gasteiger partial charge in [-0.25, -0.2) is 4.39 Å². The van der Waals surface area contributed by atoms with Crippen LogP contribution in [0.15, 0.2) is 72.1 Å². The lowest BCUT2D eigenvalue weighted by Crippen LogP contribution is -2.12. The Kier molecular flexibility index (Phi) is 9.19. The molecule has 0 radical (unpaired) electrons. The molecule has 2 N–H and O–H groups in total. The second kappa shape index (κ2) is 11.2. The standard InChI is InChI=1S/C10H11N.C9H12FN.C2H4O/c1-8-2-3-10-7-9(6-8)4-5-11-10;1-7(11-2)8-4-3-5-9(10)6-8;1-2-3/h2-7,9,11H,1H3;3-7,11H,1-2H3;2H,1H3. The molecule has 134 valence electrons. The van der Waals surface area contributed by atoms with Gasteiger partial charge in [-0.15, -0.1) is 0 Å². The van der Waals surface area contributed by atoms with E-state index in [1.54, 1.807) is 12.1 Å². The molecule has 1 aromatic rings. The predicted octanol–water partition coefficient (Wildman–Crippen LogP) is 4.43. The van der Waals surface area contributed by atoms with Crippen molar-refractivity contribution in [3.63, 3.8) is 0 Å². The molecule has 2 atom stereocenters. The van der Waals surface area contributed by atoms with Crippen molar-refractivity contribution in [1.82, 2.24) is 10.6 Å². The Balaban J connectivity index is 0.000000217. The van der Waals surface area contributed by atoms with E-state index in [9.17, 15) is 4.39 Å². The molecule has 0 saturated heterocycles. The van der Waals surface area contributed by atoms with Crippen molar-refractivity contribution in [2.45, 2.75) is 26.8 Å². The van der Waals surface area contributed by atoms with Crippen LogP contribution in [0, 0.1) is 11.7 Å². The van der Waals surface area contributed by atoms with Gasteiger partial charge in [0, 0.05) is 17.7 Å². The molecule has 2 bridgehead atoms. The zero-order chi connectivity index (χ0) is 18.7. The van der Waals surface area contributed by atoms with E-state index < -0.39 is 0 Å². The largest absolute Gasteiger partial charge is 0.362 e. The number of carbonyl (C=O) groups excluding carboxylic acids is 1. The van der Waals surface area contributed by atoms with Gasteiger partial charge < -0.3 is 15.4 Å². The zero-order valence-corrected chi connectivity index (χ0v) is 15.3. The molecule has 2 aliphatic rings. The third-order valence-electron chi connectivity index (χ3n) is 3.70. The SMILES string of the molecule is CC1=CC2C=CNC(=C2)C=C1.CC=O.CNC(C)c1cccc(F)c1. The Hall–Kier alpha value is -2.46. The van der Waals surface area contributed by atoms with Crippen molar-refractivity contribution < 1.29 is 9.18 Å². The first-order valence-corrected chi connectivity index (χ1v) is 8.34. The van der Waals surface area contributed by atoms with E-state index in [1.807, 2.05) is 26.2 Å². The van der Waals surface area contributed by atoms with Crippen LogP contribution in [0.25, 0.3) is 0 Å². The number of hydrogen-bond acceptors (Lipinski definition) is 3. The van der Waals surface area contributed by atoms with Gasteiger partial charge in [0.05, 0.1) is 0 Å². The topological polar surface area (TPSA) is 41.1 Å². The molecule has 1 heterocycles. The molecule has 1 aliphatic carbocycles. The van der Waals surface area contributed by atoms with Gasteiger partial charge in [0.25, 0.3) is 0 Å². The summed E-state index contributed by atoms with van der Waals surface area (Å²) in [7, 11) is 1.86. The van der Waals surface area contributed by atoms with Crippen molar-refractivity contribution in [2.75, 3.05) is 7.05 Å². The van der Waals surface area contributed by atoms with Crippen LogP contribution in [0.3, 0.4) is 0 Å². The highest BCUT2D eigenvalue weighted by molar-refractivity contribution is 5.44. The van der Waals surface area contributed by atoms with E-state index in [2.05, 4.69) is 47.9 Å². The van der Waals surface area contributed by atoms with E-state index in [-0.39, 0.29) is 11.9 Å². The van der Waals surface area contributed by atoms with Crippen molar-refractivity contribution in [3.8, 4) is 0 Å². The molecule has 0 aromatic heterocycles. The number of halogens is 1. The van der Waals surface area contributed by atoms with Crippen LogP contribution in [0.2, 0.25) is 0 Å². The molecule has 1 aliphatic heterocycles. The van der Waals surface area contributed by atoms with Crippen LogP contribution in [0.1, 0.15) is 32.4 Å². The zero-order valence-electron chi connectivity index (χ0n) is 15.3. The summed E-state index contributed by atoms with van der Waals surface area (Å²) in [4.78, 5) is 8.81. The smallest absolute Gasteiger partial charge is 0.123 e. The van der Waals surface area contributed by atoms with E-state index in [0.717, 1.165) is 11.8 Å². The minimum absolute atomic E-state index is 0.176. The first-order valence-electron chi connectivity index (χ1n) is 8.34. The van der Waals surface area contributed by atoms with Crippen molar-refractivity contribution in [2.24, 2.45) is 5.92 Å². The summed E-state index contributed by atoms with van der Waals surface area (Å²) in [5.41, 5.74) is 3.51. The molecule has 4 heteroatoms. The minimum Gasteiger partial charge on any atom is -0.362 e. The van der Waals surface area contributed by atoms with Gasteiger partial charge in [-0.2, -0.15) is 0 Å². The predicted molar refractivity (Wildman–Crippen MR) is 102 cm³/mol. The molecule has 25 heavy (non-hydrogen) atoms. The molecular formula is C21H27FN2O. The summed E-state index contributed by atoms with van der Waals surface area (Å²) in [6.07, 6.45) is 13.6. The normalized spacial score (nSPS) is 18.0. The van der Waals surface area contributed by atoms with Gasteiger partial charge in [0.2, 0.25) is 0 Å². The quantitative estimate of drug-likeness (QED) is 0.781. The summed E-state index contributed by atoms with van der Waals surface area (Å²) >= 11 is 0. The lowest BCUT2D eigenvalue weighted by molar-refractivity contribution is -0.106. The summed E-state index contributed by atoms with van der Waals surface area (Å²) in [6.45, 7) is 5.56. The Morgan fingerprint density at radius 2 is 2.00 bits per heavy atom. The van der Waals surface area contributed by atoms with E-state index in [4.69, 9.17) is 4.79 Å². The molecule has 0 amide bonds. The molecule has 0 spiro atoms. The van der Waals surface area contributed by atoms with Gasteiger partial charge in [-0.05, 0) is 57.8 Å². The first kappa shape index (κ1) is 20.6. The Labute approximate surface area is 150 Å². The number of rotatable bonds is 2. The third-order valence-corrected chi connectivity index (χ3v) is 3.70. The van der Waals surface area contributed by atoms with Crippen LogP contribution in [-0.4, -0.2) is 13.3 Å². The van der Waals surface area contributed by atoms with Crippen LogP contribution in [0.5, 0.6) is 0 Å². The van der Waals surface area contributed by atoms with Crippen LogP contribution in [-0.2, 0) is 4.79 Å². The highest BCUT2D eigenvalue weighted by atomic mass is 19.1. The van der Waals surface area contributed by atoms with Gasteiger partial charge in [0.15, 0.2) is 0 Å². The molecule has 0 fully saturated rings. The number of aldehydes is 1. The van der Waals surface area contributed by atoms with E-state index in [0.29, 0.717) is 5.92 Å². The molecular weight excluding hydrogens is 315 g/mol. The second-order valence-electron chi connectivity index (χ2n) is 5.75. The lowest BCUT2D eigenvalue weighted by Gasteiger charge is -2.09. The number of hydrogen-bond donors (Lipinski definition) is 2. The lowest BCUT2D eigenvalue weighted by atomic mass is 10.1. The highest BCUT2D eigenvalue weighted by Crippen LogP contribution is 2.17. The fourth-order valence-corrected chi connectivity index (χ4v) is 2.30. The first-order chi connectivity index (χ1) is 12.0. The Morgan fingerprint density at radius 3 is 2.64 bits per heavy atom. The number of nitrogens with one attached hydrogen (secondary N) is 2. The van der Waals surface area contributed by atoms with E-state index in [1.165, 1.54) is 24.3 Å². The molecule has 2 unspecified atom stereocenters. The molecule has 1 aromatic carbocycles. The molecule has 0 saturated carbocycles. The average molecular weight is 342 g/mol. The molecule has 3 rings (SSSR count). The summed E-state index contributed by atoms with van der Waals surface area (Å²) in [5, 5.41) is 6.21.